The molecule has 0 radical (unpaired) electrons. The predicted molar refractivity (Wildman–Crippen MR) is 44.1 cm³/mol. The Balaban J connectivity index is 3.50. The van der Waals surface area contributed by atoms with Crippen molar-refractivity contribution >= 4 is 17.6 Å². The lowest BCUT2D eigenvalue weighted by Gasteiger charge is -2.10. The molecule has 0 saturated carbocycles. The largest absolute Gasteiger partial charge is 0.387 e. The summed E-state index contributed by atoms with van der Waals surface area (Å²) in [6.07, 6.45) is 0. The van der Waals surface area contributed by atoms with E-state index in [9.17, 15) is 0 Å². The second-order valence-electron chi connectivity index (χ2n) is 2.28. The molecule has 9 heavy (non-hydrogen) atoms. The first-order valence-corrected chi connectivity index (χ1v) is 3.97. The summed E-state index contributed by atoms with van der Waals surface area (Å²) in [4.78, 5) is 0. The summed E-state index contributed by atoms with van der Waals surface area (Å²) in [7, 11) is 0. The van der Waals surface area contributed by atoms with Crippen LogP contribution in [0.3, 0.4) is 0 Å². The van der Waals surface area contributed by atoms with Crippen LogP contribution in [0.2, 0.25) is 0 Å². The van der Waals surface area contributed by atoms with Crippen molar-refractivity contribution in [1.29, 1.82) is 5.41 Å². The Morgan fingerprint density at radius 3 is 2.00 bits per heavy atom. The molecule has 2 nitrogen and oxygen atoms in total. The maximum Gasteiger partial charge on any atom is 0.104 e. The van der Waals surface area contributed by atoms with Crippen LogP contribution in [-0.2, 0) is 0 Å². The number of rotatable bonds is 3. The van der Waals surface area contributed by atoms with Crippen LogP contribution in [0.5, 0.6) is 0 Å². The molecule has 54 valence electrons. The summed E-state index contributed by atoms with van der Waals surface area (Å²) in [5.74, 6) is 0.272. The monoisotopic (exact) mass is 146 g/mol. The average Bonchev–Trinajstić information content (AvgIpc) is 1.63. The molecule has 3 heteroatoms. The summed E-state index contributed by atoms with van der Waals surface area (Å²) in [6, 6.07) is 0. The van der Waals surface area contributed by atoms with E-state index in [1.54, 1.807) is 11.8 Å². The third-order valence-corrected chi connectivity index (χ3v) is 2.12. The minimum atomic E-state index is 0.171. The van der Waals surface area contributed by atoms with Gasteiger partial charge in [-0.1, -0.05) is 13.8 Å². The molecule has 0 saturated heterocycles. The van der Waals surface area contributed by atoms with Gasteiger partial charge in [0.1, 0.15) is 5.84 Å². The van der Waals surface area contributed by atoms with E-state index in [2.05, 4.69) is 13.8 Å². The van der Waals surface area contributed by atoms with Gasteiger partial charge in [0.2, 0.25) is 0 Å². The van der Waals surface area contributed by atoms with Crippen molar-refractivity contribution < 1.29 is 0 Å². The molecule has 1 atom stereocenters. The van der Waals surface area contributed by atoms with Crippen LogP contribution in [0.25, 0.3) is 0 Å². The summed E-state index contributed by atoms with van der Waals surface area (Å²) in [5, 5.41) is 7.78. The molecule has 0 aromatic heterocycles. The molecule has 0 aliphatic heterocycles. The predicted octanol–water partition coefficient (Wildman–Crippen LogP) is 1.45. The van der Waals surface area contributed by atoms with Gasteiger partial charge in [0.25, 0.3) is 0 Å². The van der Waals surface area contributed by atoms with Gasteiger partial charge in [-0.2, -0.15) is 0 Å². The zero-order chi connectivity index (χ0) is 7.44. The highest BCUT2D eigenvalue weighted by atomic mass is 32.2. The molecule has 0 rings (SSSR count). The van der Waals surface area contributed by atoms with Gasteiger partial charge in [0, 0.05) is 0 Å². The molecule has 0 heterocycles. The van der Waals surface area contributed by atoms with Crippen molar-refractivity contribution in [3.8, 4) is 0 Å². The average molecular weight is 146 g/mol. The molecule has 0 bridgehead atoms. The van der Waals surface area contributed by atoms with Crippen molar-refractivity contribution in [2.75, 3.05) is 0 Å². The van der Waals surface area contributed by atoms with Gasteiger partial charge in [-0.05, 0) is 12.2 Å². The number of hydrogen-bond donors (Lipinski definition) is 2. The highest BCUT2D eigenvalue weighted by Gasteiger charge is 2.06. The molecule has 0 amide bonds. The Labute approximate surface area is 60.7 Å². The van der Waals surface area contributed by atoms with Crippen LogP contribution in [0.1, 0.15) is 20.8 Å². The van der Waals surface area contributed by atoms with Crippen LogP contribution in [0.15, 0.2) is 0 Å². The van der Waals surface area contributed by atoms with Crippen LogP contribution in [0.4, 0.5) is 0 Å². The maximum atomic E-state index is 7.05. The van der Waals surface area contributed by atoms with E-state index in [0.29, 0.717) is 5.25 Å². The lowest BCUT2D eigenvalue weighted by Crippen LogP contribution is -2.23. The van der Waals surface area contributed by atoms with Crippen molar-refractivity contribution in [2.45, 2.75) is 31.3 Å². The molecule has 3 N–H and O–H groups in total. The first-order valence-electron chi connectivity index (χ1n) is 3.03. The van der Waals surface area contributed by atoms with Crippen molar-refractivity contribution in [3.63, 3.8) is 0 Å². The Morgan fingerprint density at radius 2 is 1.89 bits per heavy atom. The number of thioether (sulfide) groups is 1. The Kier molecular flexibility index (Phi) is 3.70. The van der Waals surface area contributed by atoms with E-state index in [4.69, 9.17) is 11.1 Å². The lowest BCUT2D eigenvalue weighted by atomic mass is 10.4. The SMILES string of the molecule is CC(C)SC(C)C(=N)N. The van der Waals surface area contributed by atoms with E-state index in [-0.39, 0.29) is 11.1 Å². The van der Waals surface area contributed by atoms with Crippen LogP contribution >= 0.6 is 11.8 Å². The number of amidine groups is 1. The molecule has 0 spiro atoms. The van der Waals surface area contributed by atoms with Crippen LogP contribution in [-0.4, -0.2) is 16.3 Å². The first-order chi connectivity index (χ1) is 4.04. The quantitative estimate of drug-likeness (QED) is 0.467. The fourth-order valence-corrected chi connectivity index (χ4v) is 1.44. The smallest absolute Gasteiger partial charge is 0.104 e. The van der Waals surface area contributed by atoms with Gasteiger partial charge in [0.05, 0.1) is 5.25 Å². The van der Waals surface area contributed by atoms with Gasteiger partial charge in [-0.15, -0.1) is 11.8 Å². The van der Waals surface area contributed by atoms with Crippen molar-refractivity contribution in [3.05, 3.63) is 0 Å². The minimum Gasteiger partial charge on any atom is -0.387 e. The van der Waals surface area contributed by atoms with Crippen LogP contribution < -0.4 is 5.73 Å². The van der Waals surface area contributed by atoms with Gasteiger partial charge < -0.3 is 5.73 Å². The van der Waals surface area contributed by atoms with E-state index in [1.165, 1.54) is 0 Å². The van der Waals surface area contributed by atoms with Gasteiger partial charge >= 0.3 is 0 Å². The summed E-state index contributed by atoms with van der Waals surface area (Å²) in [6.45, 7) is 6.15. The topological polar surface area (TPSA) is 49.9 Å². The Hall–Kier alpha value is -0.180. The summed E-state index contributed by atoms with van der Waals surface area (Å²) in [5.41, 5.74) is 5.25. The third kappa shape index (κ3) is 4.33. The minimum absolute atomic E-state index is 0.171. The zero-order valence-corrected chi connectivity index (χ0v) is 6.96. The zero-order valence-electron chi connectivity index (χ0n) is 6.14. The number of nitrogens with two attached hydrogens (primary N) is 1. The second-order valence-corrected chi connectivity index (χ2v) is 4.20. The molecular formula is C6H14N2S. The lowest BCUT2D eigenvalue weighted by molar-refractivity contribution is 1.09. The van der Waals surface area contributed by atoms with Gasteiger partial charge in [-0.3, -0.25) is 5.41 Å². The molecule has 1 unspecified atom stereocenters. The second kappa shape index (κ2) is 3.77. The first kappa shape index (κ1) is 8.82. The van der Waals surface area contributed by atoms with Gasteiger partial charge in [0.15, 0.2) is 0 Å². The van der Waals surface area contributed by atoms with E-state index in [0.717, 1.165) is 0 Å². The summed E-state index contributed by atoms with van der Waals surface area (Å²) < 4.78 is 0. The molecular weight excluding hydrogens is 132 g/mol. The normalized spacial score (nSPS) is 13.8. The highest BCUT2D eigenvalue weighted by molar-refractivity contribution is 8.01. The summed E-state index contributed by atoms with van der Waals surface area (Å²) >= 11 is 1.71. The van der Waals surface area contributed by atoms with Crippen molar-refractivity contribution in [1.82, 2.24) is 0 Å². The number of nitrogens with one attached hydrogen (secondary N) is 1. The van der Waals surface area contributed by atoms with E-state index < -0.39 is 0 Å². The highest BCUT2D eigenvalue weighted by Crippen LogP contribution is 2.15. The molecule has 0 aromatic rings. The van der Waals surface area contributed by atoms with Crippen LogP contribution in [0, 0.1) is 5.41 Å². The van der Waals surface area contributed by atoms with E-state index in [1.807, 2.05) is 6.92 Å². The fourth-order valence-electron chi connectivity index (χ4n) is 0.482. The standard InChI is InChI=1S/C6H14N2S/c1-4(2)9-5(3)6(7)8/h4-5H,1-3H3,(H3,7,8). The maximum absolute atomic E-state index is 7.05. The van der Waals surface area contributed by atoms with E-state index >= 15 is 0 Å². The molecule has 0 aliphatic rings. The Morgan fingerprint density at radius 1 is 1.44 bits per heavy atom. The molecule has 0 aliphatic carbocycles. The molecule has 0 fully saturated rings. The Bertz CT molecular complexity index is 101. The van der Waals surface area contributed by atoms with Gasteiger partial charge in [-0.25, -0.2) is 0 Å². The molecule has 0 aromatic carbocycles. The fraction of sp³-hybridized carbons (Fsp3) is 0.833. The third-order valence-electron chi connectivity index (χ3n) is 0.914. The van der Waals surface area contributed by atoms with Crippen molar-refractivity contribution in [2.24, 2.45) is 5.73 Å². The number of hydrogen-bond acceptors (Lipinski definition) is 2.